The summed E-state index contributed by atoms with van der Waals surface area (Å²) in [5.74, 6) is -2.09. The van der Waals surface area contributed by atoms with Crippen LogP contribution >= 0.6 is 0 Å². The largest absolute Gasteiger partial charge is 0.289 e. The van der Waals surface area contributed by atoms with Gasteiger partial charge in [-0.15, -0.1) is 0 Å². The van der Waals surface area contributed by atoms with Gasteiger partial charge in [0.1, 0.15) is 5.82 Å². The van der Waals surface area contributed by atoms with E-state index in [-0.39, 0.29) is 23.4 Å². The summed E-state index contributed by atoms with van der Waals surface area (Å²) in [6, 6.07) is 4.71. The quantitative estimate of drug-likeness (QED) is 0.581. The lowest BCUT2D eigenvalue weighted by Gasteiger charge is -2.33. The predicted molar refractivity (Wildman–Crippen MR) is 96.7 cm³/mol. The maximum atomic E-state index is 13.3. The van der Waals surface area contributed by atoms with Gasteiger partial charge in [0.05, 0.1) is 11.7 Å². The van der Waals surface area contributed by atoms with Crippen LogP contribution in [0.4, 0.5) is 4.39 Å². The zero-order valence-corrected chi connectivity index (χ0v) is 16.2. The normalized spacial score (nSPS) is 18.1. The van der Waals surface area contributed by atoms with E-state index in [1.807, 2.05) is 6.92 Å². The number of carbonyl (C=O) groups excluding carboxylic acids is 1. The van der Waals surface area contributed by atoms with E-state index in [0.717, 1.165) is 11.1 Å². The van der Waals surface area contributed by atoms with E-state index in [4.69, 9.17) is 5.21 Å². The minimum Gasteiger partial charge on any atom is -0.289 e. The Kier molecular flexibility index (Phi) is 6.76. The summed E-state index contributed by atoms with van der Waals surface area (Å²) in [5, 5.41) is 8.83. The van der Waals surface area contributed by atoms with Crippen molar-refractivity contribution in [3.8, 4) is 0 Å². The number of hydrogen-bond acceptors (Lipinski definition) is 4. The van der Waals surface area contributed by atoms with E-state index < -0.39 is 21.8 Å². The zero-order valence-electron chi connectivity index (χ0n) is 15.4. The van der Waals surface area contributed by atoms with E-state index in [2.05, 4.69) is 0 Å². The van der Waals surface area contributed by atoms with Gasteiger partial charge in [0.25, 0.3) is 0 Å². The molecule has 1 aliphatic rings. The van der Waals surface area contributed by atoms with Gasteiger partial charge in [0, 0.05) is 13.1 Å². The Balaban J connectivity index is 2.04. The van der Waals surface area contributed by atoms with Crippen molar-refractivity contribution in [2.45, 2.75) is 39.5 Å². The number of hydroxylamine groups is 1. The standard InChI is InChI=1S/C18H27FN2O4S/c1-12(2)17(18(22)20-23)11-26(24,25)21-8-6-14(7-9-21)16-5-4-15(19)10-13(16)3/h4-5,10,12,14,17,23H,6-9,11H2,1-3H3,(H,20,22). The topological polar surface area (TPSA) is 86.7 Å². The molecule has 0 spiro atoms. The molecule has 0 aliphatic carbocycles. The average Bonchev–Trinajstić information content (AvgIpc) is 2.59. The molecule has 146 valence electrons. The maximum absolute atomic E-state index is 13.3. The van der Waals surface area contributed by atoms with Gasteiger partial charge in [-0.25, -0.2) is 22.6 Å². The fourth-order valence-corrected chi connectivity index (χ4v) is 5.50. The molecule has 2 rings (SSSR count). The van der Waals surface area contributed by atoms with Gasteiger partial charge < -0.3 is 0 Å². The lowest BCUT2D eigenvalue weighted by molar-refractivity contribution is -0.134. The zero-order chi connectivity index (χ0) is 19.5. The first-order chi connectivity index (χ1) is 12.2. The van der Waals surface area contributed by atoms with E-state index in [9.17, 15) is 17.6 Å². The maximum Gasteiger partial charge on any atom is 0.247 e. The highest BCUT2D eigenvalue weighted by Crippen LogP contribution is 2.32. The summed E-state index contributed by atoms with van der Waals surface area (Å²) in [4.78, 5) is 11.7. The van der Waals surface area contributed by atoms with Crippen LogP contribution in [0.3, 0.4) is 0 Å². The van der Waals surface area contributed by atoms with E-state index in [0.29, 0.717) is 25.9 Å². The van der Waals surface area contributed by atoms with Crippen molar-refractivity contribution >= 4 is 15.9 Å². The van der Waals surface area contributed by atoms with Gasteiger partial charge in [-0.1, -0.05) is 19.9 Å². The number of benzene rings is 1. The number of piperidine rings is 1. The SMILES string of the molecule is Cc1cc(F)ccc1C1CCN(S(=O)(=O)CC(C(=O)NO)C(C)C)CC1. The molecule has 6 nitrogen and oxygen atoms in total. The molecule has 1 aliphatic heterocycles. The molecule has 0 radical (unpaired) electrons. The van der Waals surface area contributed by atoms with Gasteiger partial charge in [-0.2, -0.15) is 0 Å². The number of nitrogens with one attached hydrogen (secondary N) is 1. The summed E-state index contributed by atoms with van der Waals surface area (Å²) >= 11 is 0. The number of carbonyl (C=O) groups is 1. The first kappa shape index (κ1) is 20.8. The monoisotopic (exact) mass is 386 g/mol. The van der Waals surface area contributed by atoms with Crippen molar-refractivity contribution < 1.29 is 22.8 Å². The molecule has 1 atom stereocenters. The summed E-state index contributed by atoms with van der Waals surface area (Å²) in [6.07, 6.45) is 1.31. The van der Waals surface area contributed by atoms with Crippen LogP contribution in [0.2, 0.25) is 0 Å². The number of halogens is 1. The van der Waals surface area contributed by atoms with Gasteiger partial charge in [-0.05, 0) is 54.9 Å². The molecule has 8 heteroatoms. The highest BCUT2D eigenvalue weighted by Gasteiger charge is 2.34. The van der Waals surface area contributed by atoms with Gasteiger partial charge in [0.15, 0.2) is 0 Å². The summed E-state index contributed by atoms with van der Waals surface area (Å²) in [5.41, 5.74) is 3.50. The summed E-state index contributed by atoms with van der Waals surface area (Å²) in [7, 11) is -3.60. The van der Waals surface area contributed by atoms with Crippen LogP contribution in [0.15, 0.2) is 18.2 Å². The Bertz CT molecular complexity index is 744. The average molecular weight is 386 g/mol. The Morgan fingerprint density at radius 3 is 2.46 bits per heavy atom. The molecule has 1 unspecified atom stereocenters. The molecule has 1 amide bonds. The second-order valence-corrected chi connectivity index (χ2v) is 9.29. The molecule has 1 fully saturated rings. The molecular weight excluding hydrogens is 359 g/mol. The van der Waals surface area contributed by atoms with E-state index in [1.54, 1.807) is 25.4 Å². The van der Waals surface area contributed by atoms with Crippen LogP contribution in [-0.2, 0) is 14.8 Å². The number of nitrogens with zero attached hydrogens (tertiary/aromatic N) is 1. The number of aryl methyl sites for hydroxylation is 1. The molecule has 0 saturated carbocycles. The highest BCUT2D eigenvalue weighted by atomic mass is 32.2. The van der Waals surface area contributed by atoms with Crippen LogP contribution in [-0.4, -0.2) is 42.7 Å². The van der Waals surface area contributed by atoms with Gasteiger partial charge >= 0.3 is 0 Å². The lowest BCUT2D eigenvalue weighted by atomic mass is 9.87. The van der Waals surface area contributed by atoms with Crippen molar-refractivity contribution in [1.82, 2.24) is 9.79 Å². The predicted octanol–water partition coefficient (Wildman–Crippen LogP) is 2.42. The molecule has 1 heterocycles. The summed E-state index contributed by atoms with van der Waals surface area (Å²) < 4.78 is 40.1. The first-order valence-corrected chi connectivity index (χ1v) is 10.4. The Morgan fingerprint density at radius 2 is 1.96 bits per heavy atom. The van der Waals surface area contributed by atoms with Crippen LogP contribution in [0.5, 0.6) is 0 Å². The molecule has 1 aromatic carbocycles. The molecule has 2 N–H and O–H groups in total. The molecule has 0 bridgehead atoms. The van der Waals surface area contributed by atoms with Crippen molar-refractivity contribution in [1.29, 1.82) is 0 Å². The molecule has 1 saturated heterocycles. The number of sulfonamides is 1. The van der Waals surface area contributed by atoms with Crippen molar-refractivity contribution in [3.05, 3.63) is 35.1 Å². The Labute approximate surface area is 154 Å². The molecule has 0 aromatic heterocycles. The fourth-order valence-electron chi connectivity index (χ4n) is 3.53. The van der Waals surface area contributed by atoms with Gasteiger partial charge in [0.2, 0.25) is 15.9 Å². The fraction of sp³-hybridized carbons (Fsp3) is 0.611. The van der Waals surface area contributed by atoms with Crippen molar-refractivity contribution in [2.75, 3.05) is 18.8 Å². The minimum absolute atomic E-state index is 0.198. The molecular formula is C18H27FN2O4S. The van der Waals surface area contributed by atoms with Crippen LogP contribution in [0.1, 0.15) is 43.7 Å². The van der Waals surface area contributed by atoms with Gasteiger partial charge in [-0.3, -0.25) is 10.0 Å². The second-order valence-electron chi connectivity index (χ2n) is 7.28. The molecule has 1 aromatic rings. The smallest absolute Gasteiger partial charge is 0.247 e. The summed E-state index contributed by atoms with van der Waals surface area (Å²) in [6.45, 7) is 6.10. The van der Waals surface area contributed by atoms with Crippen molar-refractivity contribution in [2.24, 2.45) is 11.8 Å². The second kappa shape index (κ2) is 8.45. The van der Waals surface area contributed by atoms with Crippen LogP contribution in [0, 0.1) is 24.6 Å². The first-order valence-electron chi connectivity index (χ1n) is 8.83. The minimum atomic E-state index is -3.60. The number of hydrogen-bond donors (Lipinski definition) is 2. The third-order valence-corrected chi connectivity index (χ3v) is 7.09. The molecule has 26 heavy (non-hydrogen) atoms. The highest BCUT2D eigenvalue weighted by molar-refractivity contribution is 7.89. The third kappa shape index (κ3) is 4.81. The van der Waals surface area contributed by atoms with Crippen LogP contribution < -0.4 is 5.48 Å². The Morgan fingerprint density at radius 1 is 1.35 bits per heavy atom. The number of rotatable bonds is 6. The third-order valence-electron chi connectivity index (χ3n) is 5.16. The van der Waals surface area contributed by atoms with E-state index >= 15 is 0 Å². The number of amides is 1. The van der Waals surface area contributed by atoms with E-state index in [1.165, 1.54) is 16.4 Å². The van der Waals surface area contributed by atoms with Crippen molar-refractivity contribution in [3.63, 3.8) is 0 Å². The lowest BCUT2D eigenvalue weighted by Crippen LogP contribution is -2.44. The Hall–Kier alpha value is -1.51. The van der Waals surface area contributed by atoms with Crippen LogP contribution in [0.25, 0.3) is 0 Å².